The maximum atomic E-state index is 14.7. The molecule has 5 rings (SSSR count). The summed E-state index contributed by atoms with van der Waals surface area (Å²) in [5.74, 6) is -2.23. The van der Waals surface area contributed by atoms with Gasteiger partial charge in [0, 0.05) is 28.4 Å². The molecule has 0 amide bonds. The van der Waals surface area contributed by atoms with Crippen LogP contribution in [0.15, 0.2) is 53.4 Å². The third-order valence-electron chi connectivity index (χ3n) is 6.64. The number of nitrogens with two attached hydrogens (primary N) is 1. The lowest BCUT2D eigenvalue weighted by atomic mass is 10.1. The van der Waals surface area contributed by atoms with E-state index in [-0.39, 0.29) is 12.2 Å². The van der Waals surface area contributed by atoms with Crippen LogP contribution in [-0.4, -0.2) is 35.4 Å². The molecular formula is C27H23F4N3O5S2. The Morgan fingerprint density at radius 1 is 1.17 bits per heavy atom. The van der Waals surface area contributed by atoms with E-state index in [0.29, 0.717) is 44.6 Å². The molecule has 1 fully saturated rings. The van der Waals surface area contributed by atoms with Gasteiger partial charge in [-0.15, -0.1) is 24.5 Å². The molecule has 2 aromatic carbocycles. The van der Waals surface area contributed by atoms with Crippen molar-refractivity contribution in [1.29, 1.82) is 0 Å². The van der Waals surface area contributed by atoms with E-state index in [9.17, 15) is 35.9 Å². The molecule has 216 valence electrons. The van der Waals surface area contributed by atoms with Crippen LogP contribution in [0, 0.1) is 18.7 Å². The maximum Gasteiger partial charge on any atom is 0.573 e. The third kappa shape index (κ3) is 6.44. The summed E-state index contributed by atoms with van der Waals surface area (Å²) in [6, 6.07) is 10.6. The van der Waals surface area contributed by atoms with Gasteiger partial charge in [0.25, 0.3) is 0 Å². The molecule has 4 aromatic rings. The first-order valence-corrected chi connectivity index (χ1v) is 14.7. The number of aromatic nitrogens is 2. The lowest BCUT2D eigenvalue weighted by Gasteiger charge is -2.16. The number of halogens is 4. The van der Waals surface area contributed by atoms with Crippen molar-refractivity contribution in [1.82, 2.24) is 9.55 Å². The van der Waals surface area contributed by atoms with Crippen LogP contribution < -0.4 is 9.88 Å². The molecule has 8 nitrogen and oxygen atoms in total. The number of ether oxygens (including phenoxy) is 1. The van der Waals surface area contributed by atoms with E-state index in [2.05, 4.69) is 9.72 Å². The average Bonchev–Trinajstić information content (AvgIpc) is 3.50. The summed E-state index contributed by atoms with van der Waals surface area (Å²) in [7, 11) is -4.28. The zero-order valence-electron chi connectivity index (χ0n) is 21.4. The lowest BCUT2D eigenvalue weighted by molar-refractivity contribution is -0.274. The number of aryl methyl sites for hydroxylation is 1. The van der Waals surface area contributed by atoms with E-state index in [1.807, 2.05) is 4.57 Å². The first-order valence-electron chi connectivity index (χ1n) is 12.3. The number of nitrogens with zero attached hydrogens (tertiary/aromatic N) is 2. The van der Waals surface area contributed by atoms with E-state index >= 15 is 0 Å². The highest BCUT2D eigenvalue weighted by Crippen LogP contribution is 2.42. The van der Waals surface area contributed by atoms with Gasteiger partial charge in [-0.1, -0.05) is 6.07 Å². The van der Waals surface area contributed by atoms with Gasteiger partial charge in [0.2, 0.25) is 10.0 Å². The molecule has 1 saturated carbocycles. The topological polar surface area (TPSA) is 125 Å². The summed E-state index contributed by atoms with van der Waals surface area (Å²) >= 11 is 1.21. The fourth-order valence-electron chi connectivity index (χ4n) is 4.60. The number of alkyl halides is 3. The molecule has 41 heavy (non-hydrogen) atoms. The molecule has 1 aliphatic carbocycles. The summed E-state index contributed by atoms with van der Waals surface area (Å²) in [6.07, 6.45) is -2.29. The van der Waals surface area contributed by atoms with E-state index in [0.717, 1.165) is 30.7 Å². The van der Waals surface area contributed by atoms with Crippen molar-refractivity contribution >= 4 is 27.3 Å². The molecule has 0 bridgehead atoms. The largest absolute Gasteiger partial charge is 0.573 e. The SMILES string of the molecule is Cc1sc(-c2cc(-c3ccc(OC(F)(F)F)cc3)n(Cc3ccc(S(N)(=O)=O)c(F)c3)c2CC2CC2)nc1C(=O)O. The van der Waals surface area contributed by atoms with E-state index in [4.69, 9.17) is 5.14 Å². The minimum atomic E-state index is -4.86. The van der Waals surface area contributed by atoms with Gasteiger partial charge in [-0.25, -0.2) is 27.7 Å². The second kappa shape index (κ2) is 10.6. The Morgan fingerprint density at radius 2 is 1.85 bits per heavy atom. The Bertz CT molecular complexity index is 1740. The number of benzene rings is 2. The Morgan fingerprint density at radius 3 is 2.39 bits per heavy atom. The Balaban J connectivity index is 1.66. The molecule has 0 atom stereocenters. The fraction of sp³-hybridized carbons (Fsp3) is 0.259. The molecule has 0 saturated heterocycles. The minimum Gasteiger partial charge on any atom is -0.476 e. The number of thiazole rings is 1. The fourth-order valence-corrected chi connectivity index (χ4v) is 6.13. The number of hydrogen-bond acceptors (Lipinski definition) is 6. The second-order valence-electron chi connectivity index (χ2n) is 9.73. The van der Waals surface area contributed by atoms with Crippen LogP contribution in [0.5, 0.6) is 5.75 Å². The normalized spacial score (nSPS) is 13.9. The van der Waals surface area contributed by atoms with Gasteiger partial charge in [-0.2, -0.15) is 0 Å². The molecule has 2 heterocycles. The predicted molar refractivity (Wildman–Crippen MR) is 143 cm³/mol. The molecule has 0 radical (unpaired) electrons. The van der Waals surface area contributed by atoms with Crippen molar-refractivity contribution in [2.75, 3.05) is 0 Å². The van der Waals surface area contributed by atoms with Crippen molar-refractivity contribution in [3.8, 4) is 27.6 Å². The summed E-state index contributed by atoms with van der Waals surface area (Å²) in [4.78, 5) is 15.9. The lowest BCUT2D eigenvalue weighted by Crippen LogP contribution is -2.17. The van der Waals surface area contributed by atoms with Crippen LogP contribution in [0.4, 0.5) is 17.6 Å². The van der Waals surface area contributed by atoms with Crippen molar-refractivity contribution in [3.63, 3.8) is 0 Å². The summed E-state index contributed by atoms with van der Waals surface area (Å²) in [6.45, 7) is 1.73. The molecule has 14 heteroatoms. The quantitative estimate of drug-likeness (QED) is 0.225. The molecule has 0 unspecified atom stereocenters. The van der Waals surface area contributed by atoms with Gasteiger partial charge < -0.3 is 14.4 Å². The van der Waals surface area contributed by atoms with Crippen LogP contribution in [0.2, 0.25) is 0 Å². The van der Waals surface area contributed by atoms with Crippen LogP contribution in [0.1, 0.15) is 39.5 Å². The molecule has 3 N–H and O–H groups in total. The maximum absolute atomic E-state index is 14.7. The number of carboxylic acids is 1. The number of sulfonamides is 1. The number of aromatic carboxylic acids is 1. The zero-order valence-corrected chi connectivity index (χ0v) is 23.0. The van der Waals surface area contributed by atoms with Gasteiger partial charge in [0.05, 0.1) is 0 Å². The molecule has 1 aliphatic rings. The summed E-state index contributed by atoms with van der Waals surface area (Å²) in [5.41, 5.74) is 2.87. The van der Waals surface area contributed by atoms with Crippen molar-refractivity contribution < 1.29 is 40.6 Å². The molecular weight excluding hydrogens is 586 g/mol. The summed E-state index contributed by atoms with van der Waals surface area (Å²) in [5, 5.41) is 15.1. The number of primary sulfonamides is 1. The van der Waals surface area contributed by atoms with Crippen molar-refractivity contribution in [2.45, 2.75) is 44.0 Å². The van der Waals surface area contributed by atoms with Gasteiger partial charge in [-0.05, 0) is 85.7 Å². The van der Waals surface area contributed by atoms with Crippen LogP contribution in [-0.2, 0) is 23.0 Å². The van der Waals surface area contributed by atoms with E-state index in [1.165, 1.54) is 41.7 Å². The third-order valence-corrected chi connectivity index (χ3v) is 8.59. The minimum absolute atomic E-state index is 0.0778. The number of carboxylic acid groups (broad SMARTS) is 1. The second-order valence-corrected chi connectivity index (χ2v) is 12.5. The van der Waals surface area contributed by atoms with E-state index < -0.39 is 38.8 Å². The average molecular weight is 610 g/mol. The molecule has 0 spiro atoms. The smallest absolute Gasteiger partial charge is 0.476 e. The molecule has 2 aromatic heterocycles. The number of carbonyl (C=O) groups is 1. The van der Waals surface area contributed by atoms with Crippen molar-refractivity contribution in [3.05, 3.63) is 76.2 Å². The zero-order chi connectivity index (χ0) is 29.7. The molecule has 0 aliphatic heterocycles. The van der Waals surface area contributed by atoms with Gasteiger partial charge >= 0.3 is 12.3 Å². The first kappa shape index (κ1) is 28.8. The number of hydrogen-bond donors (Lipinski definition) is 2. The Kier molecular flexibility index (Phi) is 7.42. The van der Waals surface area contributed by atoms with Gasteiger partial charge in [-0.3, -0.25) is 0 Å². The highest BCUT2D eigenvalue weighted by Gasteiger charge is 2.32. The van der Waals surface area contributed by atoms with Crippen LogP contribution in [0.3, 0.4) is 0 Å². The first-order chi connectivity index (χ1) is 19.2. The Hall–Kier alpha value is -3.75. The predicted octanol–water partition coefficient (Wildman–Crippen LogP) is 5.97. The Labute approximate surface area is 236 Å². The summed E-state index contributed by atoms with van der Waals surface area (Å²) < 4.78 is 82.2. The van der Waals surface area contributed by atoms with Crippen LogP contribution >= 0.6 is 11.3 Å². The van der Waals surface area contributed by atoms with Gasteiger partial charge in [0.1, 0.15) is 21.5 Å². The highest BCUT2D eigenvalue weighted by atomic mass is 32.2. The van der Waals surface area contributed by atoms with Crippen molar-refractivity contribution in [2.24, 2.45) is 11.1 Å². The highest BCUT2D eigenvalue weighted by molar-refractivity contribution is 7.89. The van der Waals surface area contributed by atoms with Gasteiger partial charge in [0.15, 0.2) is 5.69 Å². The number of rotatable bonds is 9. The standard InChI is InChI=1S/C27H23F4N3O5S2/c1-14-24(26(35)36)33-25(40-14)19-12-21(17-5-7-18(8-6-17)39-27(29,30)31)34(22(19)11-15-2-3-15)13-16-4-9-23(20(28)10-16)41(32,37)38/h4-10,12,15H,2-3,11,13H2,1H3,(H,35,36)(H2,32,37,38). The monoisotopic (exact) mass is 609 g/mol. The van der Waals surface area contributed by atoms with E-state index in [1.54, 1.807) is 13.0 Å². The van der Waals surface area contributed by atoms with Crippen LogP contribution in [0.25, 0.3) is 21.8 Å².